The lowest BCUT2D eigenvalue weighted by atomic mass is 9.69. The molecule has 4 rings (SSSR count). The van der Waals surface area contributed by atoms with Gasteiger partial charge >= 0.3 is 0 Å². The van der Waals surface area contributed by atoms with Crippen LogP contribution in [0, 0.1) is 41.2 Å². The zero-order valence-corrected chi connectivity index (χ0v) is 20.7. The molecule has 0 amide bonds. The summed E-state index contributed by atoms with van der Waals surface area (Å²) in [5, 5.41) is 0. The Hall–Kier alpha value is -1.38. The molecule has 0 spiro atoms. The summed E-state index contributed by atoms with van der Waals surface area (Å²) in [6.07, 6.45) is 18.9. The van der Waals surface area contributed by atoms with E-state index >= 15 is 0 Å². The summed E-state index contributed by atoms with van der Waals surface area (Å²) in [6, 6.07) is 3.46. The van der Waals surface area contributed by atoms with E-state index in [2.05, 4.69) is 19.6 Å². The molecule has 1 nitrogen and oxygen atoms in total. The first-order chi connectivity index (χ1) is 16.1. The molecule has 0 unspecified atom stereocenters. The molecular formula is C30H44F2O. The molecule has 3 fully saturated rings. The highest BCUT2D eigenvalue weighted by Gasteiger charge is 2.31. The van der Waals surface area contributed by atoms with Gasteiger partial charge in [-0.2, -0.15) is 4.39 Å². The highest BCUT2D eigenvalue weighted by Crippen LogP contribution is 2.42. The van der Waals surface area contributed by atoms with Crippen LogP contribution in [0.1, 0.15) is 108 Å². The van der Waals surface area contributed by atoms with E-state index in [9.17, 15) is 8.78 Å². The summed E-state index contributed by atoms with van der Waals surface area (Å²) in [7, 11) is 0. The fourth-order valence-corrected chi connectivity index (χ4v) is 7.03. The third kappa shape index (κ3) is 6.20. The third-order valence-electron chi connectivity index (χ3n) is 9.24. The van der Waals surface area contributed by atoms with Gasteiger partial charge in [0.05, 0.1) is 6.61 Å². The van der Waals surface area contributed by atoms with Crippen LogP contribution in [0.3, 0.4) is 0 Å². The van der Waals surface area contributed by atoms with Gasteiger partial charge in [-0.05, 0) is 124 Å². The van der Waals surface area contributed by atoms with Crippen molar-refractivity contribution >= 4 is 0 Å². The van der Waals surface area contributed by atoms with Crippen molar-refractivity contribution in [3.8, 4) is 5.75 Å². The average Bonchev–Trinajstić information content (AvgIpc) is 2.86. The topological polar surface area (TPSA) is 9.23 Å². The molecule has 0 bridgehead atoms. The molecule has 0 radical (unpaired) electrons. The van der Waals surface area contributed by atoms with E-state index in [1.165, 1.54) is 51.4 Å². The van der Waals surface area contributed by atoms with E-state index in [0.717, 1.165) is 62.2 Å². The molecule has 0 heterocycles. The van der Waals surface area contributed by atoms with E-state index in [1.54, 1.807) is 12.1 Å². The van der Waals surface area contributed by atoms with Crippen molar-refractivity contribution < 1.29 is 13.5 Å². The highest BCUT2D eigenvalue weighted by molar-refractivity contribution is 5.33. The lowest BCUT2D eigenvalue weighted by Gasteiger charge is -2.37. The molecule has 3 aliphatic rings. The van der Waals surface area contributed by atoms with Gasteiger partial charge in [0.1, 0.15) is 0 Å². The quantitative estimate of drug-likeness (QED) is 0.353. The molecule has 1 aromatic carbocycles. The Morgan fingerprint density at radius 2 is 1.42 bits per heavy atom. The number of hydrogen-bond donors (Lipinski definition) is 0. The minimum atomic E-state index is -0.782. The van der Waals surface area contributed by atoms with Crippen molar-refractivity contribution in [3.63, 3.8) is 0 Å². The number of benzene rings is 1. The van der Waals surface area contributed by atoms with Crippen LogP contribution in [-0.4, -0.2) is 6.61 Å². The largest absolute Gasteiger partial charge is 0.490 e. The molecule has 33 heavy (non-hydrogen) atoms. The summed E-state index contributed by atoms with van der Waals surface area (Å²) >= 11 is 0. The second-order valence-electron chi connectivity index (χ2n) is 11.3. The molecule has 0 aliphatic heterocycles. The first-order valence-electron chi connectivity index (χ1n) is 13.8. The SMILES string of the molecule is C=C[C@H]1CC[C@H]([C@H]2CC[C@H](COc3ccc([C@H]4CC[C@H](CCC)CC4)c(F)c3F)CC2)CC1. The molecule has 3 heteroatoms. The minimum Gasteiger partial charge on any atom is -0.490 e. The van der Waals surface area contributed by atoms with Crippen molar-refractivity contribution in [1.82, 2.24) is 0 Å². The standard InChI is InChI=1S/C30H44F2O/c1-3-5-22-8-16-26(17-9-22)27-18-19-28(30(32)29(27)31)33-20-23-10-14-25(15-11-23)24-12-6-21(4-2)7-13-24/h4,18-19,21-26H,2-3,5-17,20H2,1H3/t21-,22-,23-,24-,25-,26-. The van der Waals surface area contributed by atoms with E-state index in [1.807, 2.05) is 0 Å². The number of rotatable bonds is 8. The molecule has 0 saturated heterocycles. The minimum absolute atomic E-state index is 0.0980. The van der Waals surface area contributed by atoms with E-state index in [-0.39, 0.29) is 11.7 Å². The second-order valence-corrected chi connectivity index (χ2v) is 11.3. The summed E-state index contributed by atoms with van der Waals surface area (Å²) in [5.74, 6) is 2.46. The molecule has 0 aromatic heterocycles. The van der Waals surface area contributed by atoms with Crippen LogP contribution in [0.25, 0.3) is 0 Å². The predicted octanol–water partition coefficient (Wildman–Crippen LogP) is 9.22. The fraction of sp³-hybridized carbons (Fsp3) is 0.733. The Kier molecular flexibility index (Phi) is 8.88. The van der Waals surface area contributed by atoms with Crippen molar-refractivity contribution in [2.24, 2.45) is 29.6 Å². The van der Waals surface area contributed by atoms with Crippen LogP contribution in [-0.2, 0) is 0 Å². The van der Waals surface area contributed by atoms with Crippen molar-refractivity contribution in [3.05, 3.63) is 42.0 Å². The summed E-state index contributed by atoms with van der Waals surface area (Å²) in [6.45, 7) is 6.69. The number of ether oxygens (including phenoxy) is 1. The fourth-order valence-electron chi connectivity index (χ4n) is 7.03. The zero-order valence-electron chi connectivity index (χ0n) is 20.7. The summed E-state index contributed by atoms with van der Waals surface area (Å²) in [5.41, 5.74) is 0.557. The van der Waals surface area contributed by atoms with E-state index in [4.69, 9.17) is 4.74 Å². The maximum absolute atomic E-state index is 14.9. The molecular weight excluding hydrogens is 414 g/mol. The molecule has 184 valence electrons. The van der Waals surface area contributed by atoms with Gasteiger partial charge in [-0.3, -0.25) is 0 Å². The van der Waals surface area contributed by atoms with Crippen LogP contribution in [0.15, 0.2) is 24.8 Å². The van der Waals surface area contributed by atoms with Gasteiger partial charge in [0, 0.05) is 0 Å². The Balaban J connectivity index is 1.24. The first kappa shape index (κ1) is 24.7. The molecule has 0 atom stereocenters. The third-order valence-corrected chi connectivity index (χ3v) is 9.24. The summed E-state index contributed by atoms with van der Waals surface area (Å²) in [4.78, 5) is 0. The Labute approximate surface area is 200 Å². The van der Waals surface area contributed by atoms with Crippen molar-refractivity contribution in [2.45, 2.75) is 103 Å². The first-order valence-corrected chi connectivity index (χ1v) is 13.8. The average molecular weight is 459 g/mol. The number of allylic oxidation sites excluding steroid dienone is 1. The van der Waals surface area contributed by atoms with Crippen LogP contribution in [0.2, 0.25) is 0 Å². The maximum Gasteiger partial charge on any atom is 0.200 e. The van der Waals surface area contributed by atoms with Gasteiger partial charge in [0.15, 0.2) is 11.6 Å². The monoisotopic (exact) mass is 458 g/mol. The van der Waals surface area contributed by atoms with Gasteiger partial charge in [-0.1, -0.05) is 31.9 Å². The molecule has 0 N–H and O–H groups in total. The van der Waals surface area contributed by atoms with Crippen LogP contribution >= 0.6 is 0 Å². The van der Waals surface area contributed by atoms with Crippen LogP contribution in [0.4, 0.5) is 8.78 Å². The highest BCUT2D eigenvalue weighted by atomic mass is 19.2. The van der Waals surface area contributed by atoms with Gasteiger partial charge in [0.25, 0.3) is 0 Å². The summed E-state index contributed by atoms with van der Waals surface area (Å²) < 4.78 is 35.6. The van der Waals surface area contributed by atoms with Crippen LogP contribution < -0.4 is 4.74 Å². The van der Waals surface area contributed by atoms with E-state index in [0.29, 0.717) is 18.1 Å². The maximum atomic E-state index is 14.9. The van der Waals surface area contributed by atoms with Gasteiger partial charge in [-0.15, -0.1) is 6.58 Å². The molecule has 3 saturated carbocycles. The normalized spacial score (nSPS) is 32.9. The smallest absolute Gasteiger partial charge is 0.200 e. The number of halogens is 2. The Morgan fingerprint density at radius 3 is 2.03 bits per heavy atom. The lowest BCUT2D eigenvalue weighted by Crippen LogP contribution is -2.27. The van der Waals surface area contributed by atoms with Crippen molar-refractivity contribution in [1.29, 1.82) is 0 Å². The van der Waals surface area contributed by atoms with E-state index < -0.39 is 11.6 Å². The Bertz CT molecular complexity index is 751. The number of hydrogen-bond acceptors (Lipinski definition) is 1. The van der Waals surface area contributed by atoms with Gasteiger partial charge in [0.2, 0.25) is 5.82 Å². The molecule has 1 aromatic rings. The zero-order chi connectivity index (χ0) is 23.2. The second kappa shape index (κ2) is 11.8. The van der Waals surface area contributed by atoms with Crippen molar-refractivity contribution in [2.75, 3.05) is 6.61 Å². The van der Waals surface area contributed by atoms with Gasteiger partial charge in [-0.25, -0.2) is 4.39 Å². The lowest BCUT2D eigenvalue weighted by molar-refractivity contribution is 0.127. The molecule has 3 aliphatic carbocycles. The predicted molar refractivity (Wildman–Crippen MR) is 133 cm³/mol. The van der Waals surface area contributed by atoms with Gasteiger partial charge < -0.3 is 4.74 Å². The van der Waals surface area contributed by atoms with Crippen LogP contribution in [0.5, 0.6) is 5.75 Å². The Morgan fingerprint density at radius 1 is 0.818 bits per heavy atom.